The minimum absolute atomic E-state index is 0.0605. The molecule has 0 saturated heterocycles. The highest BCUT2D eigenvalue weighted by Crippen LogP contribution is 2.40. The van der Waals surface area contributed by atoms with Crippen molar-refractivity contribution in [2.75, 3.05) is 0 Å². The molecule has 0 nitrogen and oxygen atoms in total. The second kappa shape index (κ2) is 4.92. The number of rotatable bonds is 3. The first kappa shape index (κ1) is 12.2. The van der Waals surface area contributed by atoms with Crippen LogP contribution in [0.3, 0.4) is 0 Å². The SMILES string of the molecule is CC(C)(Sc1ccccc1)c1ccc(F)cc1. The Morgan fingerprint density at radius 2 is 1.47 bits per heavy atom. The van der Waals surface area contributed by atoms with Crippen LogP contribution in [0.2, 0.25) is 0 Å². The van der Waals surface area contributed by atoms with E-state index in [1.165, 1.54) is 17.0 Å². The van der Waals surface area contributed by atoms with Gasteiger partial charge in [-0.2, -0.15) is 0 Å². The largest absolute Gasteiger partial charge is 0.207 e. The zero-order valence-electron chi connectivity index (χ0n) is 9.98. The van der Waals surface area contributed by atoms with E-state index < -0.39 is 0 Å². The summed E-state index contributed by atoms with van der Waals surface area (Å²) in [5, 5.41) is 0. The fourth-order valence-corrected chi connectivity index (χ4v) is 2.83. The molecule has 0 bridgehead atoms. The van der Waals surface area contributed by atoms with Crippen LogP contribution in [-0.4, -0.2) is 0 Å². The summed E-state index contributed by atoms with van der Waals surface area (Å²) in [5.74, 6) is -0.186. The molecule has 0 saturated carbocycles. The minimum atomic E-state index is -0.186. The predicted molar refractivity (Wildman–Crippen MR) is 71.7 cm³/mol. The summed E-state index contributed by atoms with van der Waals surface area (Å²) < 4.78 is 12.8. The van der Waals surface area contributed by atoms with E-state index in [2.05, 4.69) is 26.0 Å². The summed E-state index contributed by atoms with van der Waals surface area (Å²) >= 11 is 1.78. The minimum Gasteiger partial charge on any atom is -0.207 e. The molecule has 17 heavy (non-hydrogen) atoms. The zero-order chi connectivity index (χ0) is 12.3. The van der Waals surface area contributed by atoms with Gasteiger partial charge in [0.1, 0.15) is 5.82 Å². The van der Waals surface area contributed by atoms with Crippen LogP contribution in [0, 0.1) is 5.82 Å². The highest BCUT2D eigenvalue weighted by Gasteiger charge is 2.21. The van der Waals surface area contributed by atoms with Gasteiger partial charge in [-0.15, -0.1) is 11.8 Å². The van der Waals surface area contributed by atoms with E-state index in [-0.39, 0.29) is 10.6 Å². The lowest BCUT2D eigenvalue weighted by molar-refractivity contribution is 0.625. The molecule has 0 N–H and O–H groups in total. The van der Waals surface area contributed by atoms with Gasteiger partial charge in [-0.1, -0.05) is 30.3 Å². The molecular weight excluding hydrogens is 231 g/mol. The standard InChI is InChI=1S/C15H15FS/c1-15(2,12-8-10-13(16)11-9-12)17-14-6-4-3-5-7-14/h3-11H,1-2H3. The van der Waals surface area contributed by atoms with Crippen molar-refractivity contribution in [3.63, 3.8) is 0 Å². The predicted octanol–water partition coefficient (Wildman–Crippen LogP) is 4.85. The molecule has 0 radical (unpaired) electrons. The van der Waals surface area contributed by atoms with E-state index in [1.807, 2.05) is 30.3 Å². The van der Waals surface area contributed by atoms with E-state index in [0.29, 0.717) is 0 Å². The molecule has 0 fully saturated rings. The maximum absolute atomic E-state index is 12.9. The summed E-state index contributed by atoms with van der Waals surface area (Å²) in [6, 6.07) is 17.0. The smallest absolute Gasteiger partial charge is 0.123 e. The monoisotopic (exact) mass is 246 g/mol. The van der Waals surface area contributed by atoms with Crippen molar-refractivity contribution >= 4 is 11.8 Å². The summed E-state index contributed by atoms with van der Waals surface area (Å²) in [4.78, 5) is 1.22. The summed E-state index contributed by atoms with van der Waals surface area (Å²) in [5.41, 5.74) is 1.13. The Balaban J connectivity index is 2.21. The Morgan fingerprint density at radius 1 is 0.882 bits per heavy atom. The van der Waals surface area contributed by atoms with Crippen molar-refractivity contribution in [2.24, 2.45) is 0 Å². The van der Waals surface area contributed by atoms with Crippen LogP contribution in [-0.2, 0) is 4.75 Å². The lowest BCUT2D eigenvalue weighted by atomic mass is 10.0. The molecule has 0 aromatic heterocycles. The Kier molecular flexibility index (Phi) is 3.53. The lowest BCUT2D eigenvalue weighted by Gasteiger charge is -2.24. The quantitative estimate of drug-likeness (QED) is 0.697. The van der Waals surface area contributed by atoms with Crippen LogP contribution in [0.1, 0.15) is 19.4 Å². The number of halogens is 1. The molecule has 0 atom stereocenters. The normalized spacial score (nSPS) is 11.5. The van der Waals surface area contributed by atoms with Crippen LogP contribution < -0.4 is 0 Å². The number of thioether (sulfide) groups is 1. The summed E-state index contributed by atoms with van der Waals surface area (Å²) in [6.07, 6.45) is 0. The number of hydrogen-bond acceptors (Lipinski definition) is 1. The Bertz CT molecular complexity index is 474. The molecule has 0 unspecified atom stereocenters. The number of hydrogen-bond donors (Lipinski definition) is 0. The van der Waals surface area contributed by atoms with Crippen molar-refractivity contribution in [1.29, 1.82) is 0 Å². The third kappa shape index (κ3) is 3.10. The first-order valence-corrected chi connectivity index (χ1v) is 6.40. The van der Waals surface area contributed by atoms with E-state index in [1.54, 1.807) is 11.8 Å². The van der Waals surface area contributed by atoms with Gasteiger partial charge in [0.05, 0.1) is 0 Å². The highest BCUT2D eigenvalue weighted by atomic mass is 32.2. The molecule has 0 amide bonds. The Hall–Kier alpha value is -1.28. The van der Waals surface area contributed by atoms with Crippen molar-refractivity contribution in [3.05, 3.63) is 66.0 Å². The van der Waals surface area contributed by atoms with Gasteiger partial charge >= 0.3 is 0 Å². The highest BCUT2D eigenvalue weighted by molar-refractivity contribution is 8.00. The molecule has 2 heteroatoms. The first-order valence-electron chi connectivity index (χ1n) is 5.58. The molecule has 2 aromatic carbocycles. The van der Waals surface area contributed by atoms with Gasteiger partial charge in [-0.25, -0.2) is 4.39 Å². The molecule has 0 aliphatic heterocycles. The van der Waals surface area contributed by atoms with Gasteiger partial charge in [-0.3, -0.25) is 0 Å². The third-order valence-corrected chi connectivity index (χ3v) is 3.91. The molecule has 0 heterocycles. The number of benzene rings is 2. The van der Waals surface area contributed by atoms with Crippen LogP contribution in [0.5, 0.6) is 0 Å². The van der Waals surface area contributed by atoms with E-state index in [0.717, 1.165) is 5.56 Å². The maximum atomic E-state index is 12.9. The van der Waals surface area contributed by atoms with Gasteiger partial charge in [0.15, 0.2) is 0 Å². The van der Waals surface area contributed by atoms with E-state index in [4.69, 9.17) is 0 Å². The molecule has 2 rings (SSSR count). The van der Waals surface area contributed by atoms with Crippen LogP contribution in [0.15, 0.2) is 59.5 Å². The van der Waals surface area contributed by atoms with Crippen molar-refractivity contribution in [2.45, 2.75) is 23.5 Å². The average Bonchev–Trinajstić information content (AvgIpc) is 2.30. The fourth-order valence-electron chi connectivity index (χ4n) is 1.69. The lowest BCUT2D eigenvalue weighted by Crippen LogP contribution is -2.11. The van der Waals surface area contributed by atoms with E-state index >= 15 is 0 Å². The molecule has 0 spiro atoms. The second-order valence-electron chi connectivity index (χ2n) is 4.43. The molecule has 0 aliphatic rings. The molecule has 2 aromatic rings. The van der Waals surface area contributed by atoms with Crippen LogP contribution in [0.4, 0.5) is 4.39 Å². The van der Waals surface area contributed by atoms with Crippen LogP contribution >= 0.6 is 11.8 Å². The maximum Gasteiger partial charge on any atom is 0.123 e. The third-order valence-electron chi connectivity index (χ3n) is 2.66. The van der Waals surface area contributed by atoms with Crippen LogP contribution in [0.25, 0.3) is 0 Å². The van der Waals surface area contributed by atoms with Gasteiger partial charge in [0.25, 0.3) is 0 Å². The van der Waals surface area contributed by atoms with Gasteiger partial charge in [0.2, 0.25) is 0 Å². The molecule has 88 valence electrons. The molecular formula is C15H15FS. The molecule has 0 aliphatic carbocycles. The Labute approximate surface area is 106 Å². The summed E-state index contributed by atoms with van der Waals surface area (Å²) in [7, 11) is 0. The van der Waals surface area contributed by atoms with Crippen molar-refractivity contribution in [3.8, 4) is 0 Å². The van der Waals surface area contributed by atoms with Gasteiger partial charge in [0, 0.05) is 9.64 Å². The van der Waals surface area contributed by atoms with Crippen molar-refractivity contribution in [1.82, 2.24) is 0 Å². The van der Waals surface area contributed by atoms with Crippen molar-refractivity contribution < 1.29 is 4.39 Å². The fraction of sp³-hybridized carbons (Fsp3) is 0.200. The first-order chi connectivity index (χ1) is 8.08. The van der Waals surface area contributed by atoms with E-state index in [9.17, 15) is 4.39 Å². The second-order valence-corrected chi connectivity index (χ2v) is 6.13. The van der Waals surface area contributed by atoms with Gasteiger partial charge in [-0.05, 0) is 43.7 Å². The average molecular weight is 246 g/mol. The topological polar surface area (TPSA) is 0 Å². The Morgan fingerprint density at radius 3 is 2.06 bits per heavy atom. The summed E-state index contributed by atoms with van der Waals surface area (Å²) in [6.45, 7) is 4.30. The zero-order valence-corrected chi connectivity index (χ0v) is 10.8. The van der Waals surface area contributed by atoms with Gasteiger partial charge < -0.3 is 0 Å².